The first-order valence-corrected chi connectivity index (χ1v) is 10.6. The van der Waals surface area contributed by atoms with E-state index in [0.717, 1.165) is 11.8 Å². The van der Waals surface area contributed by atoms with E-state index in [2.05, 4.69) is 24.9 Å². The van der Waals surface area contributed by atoms with Gasteiger partial charge in [0.2, 0.25) is 10.0 Å². The molecule has 8 nitrogen and oxygen atoms in total. The summed E-state index contributed by atoms with van der Waals surface area (Å²) in [5.41, 5.74) is 1.15. The standard InChI is InChI=1S/C17H16ClF2N5O3S.CH4/c1-29(26,27)23-9-11(10-2-4-13(18)5-3-10)6-14-21-7-12(8-22-14)16-24-25-17(28-16)15(19)20;/h2-5,7-8,11,15,23H,6,9H2,1H3;1H4. The zero-order valence-corrected chi connectivity index (χ0v) is 16.7. The highest BCUT2D eigenvalue weighted by Crippen LogP contribution is 2.24. The zero-order chi connectivity index (χ0) is 21.0. The molecule has 162 valence electrons. The van der Waals surface area contributed by atoms with Crippen molar-refractivity contribution in [1.82, 2.24) is 24.9 Å². The molecule has 30 heavy (non-hydrogen) atoms. The second kappa shape index (κ2) is 10.0. The minimum atomic E-state index is -3.38. The molecule has 2 heterocycles. The summed E-state index contributed by atoms with van der Waals surface area (Å²) in [6.07, 6.45) is 1.31. The van der Waals surface area contributed by atoms with Gasteiger partial charge in [-0.15, -0.1) is 10.2 Å². The number of hydrogen-bond donors (Lipinski definition) is 1. The van der Waals surface area contributed by atoms with Gasteiger partial charge in [0.1, 0.15) is 5.82 Å². The van der Waals surface area contributed by atoms with Crippen LogP contribution >= 0.6 is 11.6 Å². The van der Waals surface area contributed by atoms with Crippen LogP contribution in [0, 0.1) is 0 Å². The maximum absolute atomic E-state index is 12.6. The quantitative estimate of drug-likeness (QED) is 0.547. The molecule has 0 aliphatic rings. The Balaban J connectivity index is 0.00000320. The lowest BCUT2D eigenvalue weighted by Crippen LogP contribution is -2.28. The monoisotopic (exact) mass is 459 g/mol. The van der Waals surface area contributed by atoms with Crippen LogP contribution in [0.25, 0.3) is 11.5 Å². The van der Waals surface area contributed by atoms with Gasteiger partial charge in [0.25, 0.3) is 11.8 Å². The Morgan fingerprint density at radius 3 is 2.30 bits per heavy atom. The van der Waals surface area contributed by atoms with E-state index in [1.807, 2.05) is 0 Å². The number of alkyl halides is 2. The minimum Gasteiger partial charge on any atom is -0.415 e. The van der Waals surface area contributed by atoms with Crippen LogP contribution in [0.4, 0.5) is 8.78 Å². The predicted octanol–water partition coefficient (Wildman–Crippen LogP) is 3.63. The molecular formula is C18H20ClF2N5O3S. The summed E-state index contributed by atoms with van der Waals surface area (Å²) in [6.45, 7) is 0.146. The number of aromatic nitrogens is 4. The summed E-state index contributed by atoms with van der Waals surface area (Å²) >= 11 is 5.92. The van der Waals surface area contributed by atoms with Crippen molar-refractivity contribution in [2.24, 2.45) is 0 Å². The van der Waals surface area contributed by atoms with Gasteiger partial charge in [-0.25, -0.2) is 23.1 Å². The second-order valence-electron chi connectivity index (χ2n) is 6.21. The van der Waals surface area contributed by atoms with Crippen LogP contribution in [0.15, 0.2) is 41.1 Å². The molecule has 0 radical (unpaired) electrons. The summed E-state index contributed by atoms with van der Waals surface area (Å²) in [7, 11) is -3.38. The average molecular weight is 460 g/mol. The summed E-state index contributed by atoms with van der Waals surface area (Å²) in [6, 6.07) is 7.03. The fourth-order valence-electron chi connectivity index (χ4n) is 2.53. The first-order chi connectivity index (χ1) is 13.7. The van der Waals surface area contributed by atoms with Crippen LogP contribution in [0.2, 0.25) is 5.02 Å². The van der Waals surface area contributed by atoms with E-state index in [-0.39, 0.29) is 25.8 Å². The molecule has 0 saturated carbocycles. The highest BCUT2D eigenvalue weighted by molar-refractivity contribution is 7.88. The number of benzene rings is 1. The molecule has 0 saturated heterocycles. The number of halogens is 3. The Morgan fingerprint density at radius 2 is 1.77 bits per heavy atom. The third kappa shape index (κ3) is 6.51. The molecule has 0 amide bonds. The molecule has 0 fully saturated rings. The van der Waals surface area contributed by atoms with E-state index >= 15 is 0 Å². The van der Waals surface area contributed by atoms with Crippen molar-refractivity contribution >= 4 is 21.6 Å². The maximum Gasteiger partial charge on any atom is 0.314 e. The Morgan fingerprint density at radius 1 is 1.13 bits per heavy atom. The van der Waals surface area contributed by atoms with Gasteiger partial charge >= 0.3 is 6.43 Å². The highest BCUT2D eigenvalue weighted by Gasteiger charge is 2.19. The molecular weight excluding hydrogens is 440 g/mol. The van der Waals surface area contributed by atoms with Crippen LogP contribution in [0.5, 0.6) is 0 Å². The summed E-state index contributed by atoms with van der Waals surface area (Å²) < 4.78 is 55.4. The van der Waals surface area contributed by atoms with Crippen LogP contribution in [0.3, 0.4) is 0 Å². The van der Waals surface area contributed by atoms with Crippen LogP contribution in [-0.2, 0) is 16.4 Å². The van der Waals surface area contributed by atoms with E-state index in [1.54, 1.807) is 24.3 Å². The number of rotatable bonds is 8. The van der Waals surface area contributed by atoms with Crippen molar-refractivity contribution < 1.29 is 21.6 Å². The first kappa shape index (κ1) is 23.8. The molecule has 0 aliphatic heterocycles. The molecule has 1 unspecified atom stereocenters. The van der Waals surface area contributed by atoms with E-state index in [4.69, 9.17) is 16.0 Å². The van der Waals surface area contributed by atoms with E-state index in [1.165, 1.54) is 12.4 Å². The van der Waals surface area contributed by atoms with Gasteiger partial charge in [-0.2, -0.15) is 8.78 Å². The fraction of sp³-hybridized carbons (Fsp3) is 0.333. The van der Waals surface area contributed by atoms with E-state index in [0.29, 0.717) is 22.8 Å². The Labute approximate surface area is 177 Å². The van der Waals surface area contributed by atoms with Gasteiger partial charge in [-0.1, -0.05) is 31.2 Å². The molecule has 0 bridgehead atoms. The predicted molar refractivity (Wildman–Crippen MR) is 108 cm³/mol. The van der Waals surface area contributed by atoms with Gasteiger partial charge in [-0.05, 0) is 17.7 Å². The van der Waals surface area contributed by atoms with Crippen molar-refractivity contribution in [2.45, 2.75) is 26.2 Å². The Bertz CT molecular complexity index is 1060. The largest absolute Gasteiger partial charge is 0.415 e. The van der Waals surface area contributed by atoms with Crippen molar-refractivity contribution in [3.8, 4) is 11.5 Å². The zero-order valence-electron chi connectivity index (χ0n) is 15.1. The SMILES string of the molecule is C.CS(=O)(=O)NCC(Cc1ncc(-c2nnc(C(F)F)o2)cn1)c1ccc(Cl)cc1. The molecule has 3 rings (SSSR count). The summed E-state index contributed by atoms with van der Waals surface area (Å²) in [4.78, 5) is 8.41. The minimum absolute atomic E-state index is 0. The van der Waals surface area contributed by atoms with Gasteiger partial charge in [-0.3, -0.25) is 0 Å². The molecule has 1 aromatic carbocycles. The third-order valence-electron chi connectivity index (χ3n) is 3.94. The molecule has 0 spiro atoms. The van der Waals surface area contributed by atoms with Crippen molar-refractivity contribution in [2.75, 3.05) is 12.8 Å². The fourth-order valence-corrected chi connectivity index (χ4v) is 3.16. The van der Waals surface area contributed by atoms with Crippen molar-refractivity contribution in [1.29, 1.82) is 0 Å². The van der Waals surface area contributed by atoms with Gasteiger partial charge in [0.05, 0.1) is 11.8 Å². The molecule has 12 heteroatoms. The molecule has 1 atom stereocenters. The topological polar surface area (TPSA) is 111 Å². The Kier molecular flexibility index (Phi) is 7.93. The lowest BCUT2D eigenvalue weighted by molar-refractivity contribution is 0.116. The summed E-state index contributed by atoms with van der Waals surface area (Å²) in [5, 5.41) is 7.37. The van der Waals surface area contributed by atoms with E-state index < -0.39 is 22.3 Å². The lowest BCUT2D eigenvalue weighted by atomic mass is 9.95. The average Bonchev–Trinajstić information content (AvgIpc) is 3.16. The molecule has 2 aromatic heterocycles. The highest BCUT2D eigenvalue weighted by atomic mass is 35.5. The lowest BCUT2D eigenvalue weighted by Gasteiger charge is -2.17. The number of nitrogens with zero attached hydrogens (tertiary/aromatic N) is 4. The second-order valence-corrected chi connectivity index (χ2v) is 8.48. The van der Waals surface area contributed by atoms with Crippen LogP contribution in [0.1, 0.15) is 37.0 Å². The van der Waals surface area contributed by atoms with Gasteiger partial charge < -0.3 is 4.42 Å². The van der Waals surface area contributed by atoms with Gasteiger partial charge in [0, 0.05) is 36.3 Å². The van der Waals surface area contributed by atoms with Crippen molar-refractivity contribution in [3.63, 3.8) is 0 Å². The van der Waals surface area contributed by atoms with E-state index in [9.17, 15) is 17.2 Å². The summed E-state index contributed by atoms with van der Waals surface area (Å²) in [5.74, 6) is -0.710. The molecule has 1 N–H and O–H groups in total. The third-order valence-corrected chi connectivity index (χ3v) is 4.88. The first-order valence-electron chi connectivity index (χ1n) is 8.34. The Hall–Kier alpha value is -2.50. The maximum atomic E-state index is 12.6. The number of hydrogen-bond acceptors (Lipinski definition) is 7. The number of sulfonamides is 1. The van der Waals surface area contributed by atoms with Crippen LogP contribution < -0.4 is 4.72 Å². The molecule has 3 aromatic rings. The normalized spacial score (nSPS) is 12.6. The van der Waals surface area contributed by atoms with Crippen molar-refractivity contribution in [3.05, 3.63) is 59.0 Å². The van der Waals surface area contributed by atoms with Gasteiger partial charge in [0.15, 0.2) is 0 Å². The number of nitrogens with one attached hydrogen (secondary N) is 1. The molecule has 0 aliphatic carbocycles. The smallest absolute Gasteiger partial charge is 0.314 e. The van der Waals surface area contributed by atoms with Crippen LogP contribution in [-0.4, -0.2) is 41.4 Å².